The third kappa shape index (κ3) is 2.23. The summed E-state index contributed by atoms with van der Waals surface area (Å²) < 4.78 is 0. The second-order valence-electron chi connectivity index (χ2n) is 3.84. The molecule has 0 unspecified atom stereocenters. The highest BCUT2D eigenvalue weighted by Gasteiger charge is 2.21. The molecule has 0 bridgehead atoms. The molecule has 0 aliphatic heterocycles. The van der Waals surface area contributed by atoms with Crippen LogP contribution in [0.5, 0.6) is 0 Å². The lowest BCUT2D eigenvalue weighted by Crippen LogP contribution is -2.39. The van der Waals surface area contributed by atoms with Gasteiger partial charge in [0.05, 0.1) is 10.6 Å². The minimum Gasteiger partial charge on any atom is -0.399 e. The first kappa shape index (κ1) is 10.3. The number of carbonyl (C=O) groups excluding carboxylic acids is 1. The van der Waals surface area contributed by atoms with Crippen molar-refractivity contribution >= 4 is 23.2 Å². The first-order valence-corrected chi connectivity index (χ1v) is 5.40. The minimum absolute atomic E-state index is 0.107. The van der Waals surface area contributed by atoms with Crippen molar-refractivity contribution in [2.24, 2.45) is 0 Å². The summed E-state index contributed by atoms with van der Waals surface area (Å²) in [7, 11) is 0. The van der Waals surface area contributed by atoms with Crippen LogP contribution in [0, 0.1) is 0 Å². The highest BCUT2D eigenvalue weighted by Crippen LogP contribution is 2.22. The highest BCUT2D eigenvalue weighted by molar-refractivity contribution is 6.34. The van der Waals surface area contributed by atoms with E-state index in [0.29, 0.717) is 22.3 Å². The van der Waals surface area contributed by atoms with Gasteiger partial charge in [0.15, 0.2) is 0 Å². The van der Waals surface area contributed by atoms with Gasteiger partial charge in [-0.15, -0.1) is 0 Å². The van der Waals surface area contributed by atoms with Crippen LogP contribution in [0.2, 0.25) is 5.02 Å². The molecule has 0 radical (unpaired) electrons. The maximum Gasteiger partial charge on any atom is 0.253 e. The van der Waals surface area contributed by atoms with Crippen LogP contribution < -0.4 is 11.1 Å². The number of anilines is 1. The van der Waals surface area contributed by atoms with Crippen molar-refractivity contribution < 1.29 is 4.79 Å². The smallest absolute Gasteiger partial charge is 0.253 e. The zero-order chi connectivity index (χ0) is 10.8. The Hall–Kier alpha value is -1.22. The van der Waals surface area contributed by atoms with E-state index in [1.165, 1.54) is 6.42 Å². The molecule has 1 amide bonds. The third-order valence-electron chi connectivity index (χ3n) is 2.68. The van der Waals surface area contributed by atoms with Gasteiger partial charge in [0.1, 0.15) is 0 Å². The second-order valence-corrected chi connectivity index (χ2v) is 4.25. The predicted octanol–water partition coefficient (Wildman–Crippen LogP) is 2.20. The number of hydrogen-bond acceptors (Lipinski definition) is 2. The van der Waals surface area contributed by atoms with Crippen LogP contribution in [0.3, 0.4) is 0 Å². The monoisotopic (exact) mass is 224 g/mol. The van der Waals surface area contributed by atoms with Crippen LogP contribution in [0.25, 0.3) is 0 Å². The summed E-state index contributed by atoms with van der Waals surface area (Å²) in [5.41, 5.74) is 6.62. The van der Waals surface area contributed by atoms with Gasteiger partial charge >= 0.3 is 0 Å². The number of rotatable bonds is 2. The van der Waals surface area contributed by atoms with E-state index in [-0.39, 0.29) is 5.91 Å². The molecule has 1 aromatic carbocycles. The molecular weight excluding hydrogens is 212 g/mol. The first-order chi connectivity index (χ1) is 7.16. The van der Waals surface area contributed by atoms with Crippen molar-refractivity contribution in [2.75, 3.05) is 5.73 Å². The fourth-order valence-electron chi connectivity index (χ4n) is 1.53. The molecule has 1 aromatic rings. The molecule has 1 saturated carbocycles. The molecular formula is C11H13ClN2O. The van der Waals surface area contributed by atoms with Gasteiger partial charge in [0.25, 0.3) is 5.91 Å². The molecule has 0 atom stereocenters. The molecule has 0 spiro atoms. The summed E-state index contributed by atoms with van der Waals surface area (Å²) in [6.07, 6.45) is 3.33. The van der Waals surface area contributed by atoms with Crippen molar-refractivity contribution in [1.82, 2.24) is 5.32 Å². The average Bonchev–Trinajstić information content (AvgIpc) is 2.11. The normalized spacial score (nSPS) is 15.8. The summed E-state index contributed by atoms with van der Waals surface area (Å²) >= 11 is 5.93. The van der Waals surface area contributed by atoms with Crippen molar-refractivity contribution in [3.63, 3.8) is 0 Å². The van der Waals surface area contributed by atoms with Crippen LogP contribution in [0.1, 0.15) is 29.6 Å². The van der Waals surface area contributed by atoms with E-state index in [1.807, 2.05) is 0 Å². The molecule has 3 N–H and O–H groups in total. The van der Waals surface area contributed by atoms with Gasteiger partial charge in [-0.05, 0) is 37.5 Å². The van der Waals surface area contributed by atoms with Gasteiger partial charge in [-0.25, -0.2) is 0 Å². The predicted molar refractivity (Wildman–Crippen MR) is 61.0 cm³/mol. The Labute approximate surface area is 93.6 Å². The standard InChI is InChI=1S/C11H13ClN2O/c12-10-6-7(13)4-5-9(10)11(15)14-8-2-1-3-8/h4-6,8H,1-3,13H2,(H,14,15). The number of amides is 1. The molecule has 80 valence electrons. The first-order valence-electron chi connectivity index (χ1n) is 5.02. The van der Waals surface area contributed by atoms with E-state index >= 15 is 0 Å². The molecule has 3 nitrogen and oxygen atoms in total. The van der Waals surface area contributed by atoms with Crippen LogP contribution in [-0.2, 0) is 0 Å². The fraction of sp³-hybridized carbons (Fsp3) is 0.364. The Morgan fingerprint density at radius 3 is 2.73 bits per heavy atom. The lowest BCUT2D eigenvalue weighted by Gasteiger charge is -2.26. The van der Waals surface area contributed by atoms with E-state index in [1.54, 1.807) is 18.2 Å². The van der Waals surface area contributed by atoms with Gasteiger partial charge in [0.2, 0.25) is 0 Å². The topological polar surface area (TPSA) is 55.1 Å². The Kier molecular flexibility index (Phi) is 2.82. The molecule has 2 rings (SSSR count). The Morgan fingerprint density at radius 1 is 1.47 bits per heavy atom. The molecule has 4 heteroatoms. The zero-order valence-corrected chi connectivity index (χ0v) is 9.05. The number of carbonyl (C=O) groups is 1. The van der Waals surface area contributed by atoms with Gasteiger partial charge in [-0.3, -0.25) is 4.79 Å². The maximum absolute atomic E-state index is 11.7. The van der Waals surface area contributed by atoms with Crippen LogP contribution in [-0.4, -0.2) is 11.9 Å². The van der Waals surface area contributed by atoms with Crippen molar-refractivity contribution in [3.8, 4) is 0 Å². The molecule has 0 saturated heterocycles. The van der Waals surface area contributed by atoms with Crippen molar-refractivity contribution in [1.29, 1.82) is 0 Å². The zero-order valence-electron chi connectivity index (χ0n) is 8.29. The highest BCUT2D eigenvalue weighted by atomic mass is 35.5. The largest absolute Gasteiger partial charge is 0.399 e. The lowest BCUT2D eigenvalue weighted by atomic mass is 9.93. The number of hydrogen-bond donors (Lipinski definition) is 2. The average molecular weight is 225 g/mol. The lowest BCUT2D eigenvalue weighted by molar-refractivity contribution is 0.0917. The molecule has 0 heterocycles. The summed E-state index contributed by atoms with van der Waals surface area (Å²) in [5, 5.41) is 3.34. The van der Waals surface area contributed by atoms with Gasteiger partial charge in [-0.2, -0.15) is 0 Å². The Balaban J connectivity index is 2.10. The second kappa shape index (κ2) is 4.11. The summed E-state index contributed by atoms with van der Waals surface area (Å²) in [6, 6.07) is 5.26. The SMILES string of the molecule is Nc1ccc(C(=O)NC2CCC2)c(Cl)c1. The summed E-state index contributed by atoms with van der Waals surface area (Å²) in [5.74, 6) is -0.107. The maximum atomic E-state index is 11.7. The Morgan fingerprint density at radius 2 is 2.20 bits per heavy atom. The van der Waals surface area contributed by atoms with Gasteiger partial charge in [-0.1, -0.05) is 11.6 Å². The molecule has 1 aliphatic carbocycles. The quantitative estimate of drug-likeness (QED) is 0.757. The van der Waals surface area contributed by atoms with Gasteiger partial charge in [0, 0.05) is 11.7 Å². The number of nitrogens with two attached hydrogens (primary N) is 1. The van der Waals surface area contributed by atoms with Crippen molar-refractivity contribution in [3.05, 3.63) is 28.8 Å². The van der Waals surface area contributed by atoms with E-state index in [0.717, 1.165) is 12.8 Å². The number of nitrogens with one attached hydrogen (secondary N) is 1. The molecule has 1 aliphatic rings. The molecule has 1 fully saturated rings. The molecule has 15 heavy (non-hydrogen) atoms. The minimum atomic E-state index is -0.107. The van der Waals surface area contributed by atoms with E-state index in [4.69, 9.17) is 17.3 Å². The molecule has 0 aromatic heterocycles. The number of benzene rings is 1. The van der Waals surface area contributed by atoms with E-state index < -0.39 is 0 Å². The third-order valence-corrected chi connectivity index (χ3v) is 2.99. The van der Waals surface area contributed by atoms with Crippen LogP contribution >= 0.6 is 11.6 Å². The summed E-state index contributed by atoms with van der Waals surface area (Å²) in [4.78, 5) is 11.7. The Bertz CT molecular complexity index is 388. The van der Waals surface area contributed by atoms with Crippen LogP contribution in [0.4, 0.5) is 5.69 Å². The number of halogens is 1. The van der Waals surface area contributed by atoms with E-state index in [9.17, 15) is 4.79 Å². The van der Waals surface area contributed by atoms with Crippen molar-refractivity contribution in [2.45, 2.75) is 25.3 Å². The van der Waals surface area contributed by atoms with Gasteiger partial charge < -0.3 is 11.1 Å². The van der Waals surface area contributed by atoms with Crippen LogP contribution in [0.15, 0.2) is 18.2 Å². The summed E-state index contributed by atoms with van der Waals surface area (Å²) in [6.45, 7) is 0. The van der Waals surface area contributed by atoms with E-state index in [2.05, 4.69) is 5.32 Å². The number of nitrogen functional groups attached to an aromatic ring is 1. The fourth-order valence-corrected chi connectivity index (χ4v) is 1.81.